The number of amides is 1. The average molecular weight is 706 g/mol. The molecule has 1 aliphatic heterocycles. The second-order valence-electron chi connectivity index (χ2n) is 9.91. The zero-order valence-corrected chi connectivity index (χ0v) is 27.6. The molecule has 0 aliphatic carbocycles. The van der Waals surface area contributed by atoms with E-state index in [2.05, 4.69) is 0 Å². The minimum Gasteiger partial charge on any atom is -0.465 e. The second kappa shape index (κ2) is 13.4. The van der Waals surface area contributed by atoms with Gasteiger partial charge in [0.25, 0.3) is 5.91 Å². The Labute approximate surface area is 280 Å². The fourth-order valence-corrected chi connectivity index (χ4v) is 6.83. The first kappa shape index (κ1) is 32.8. The van der Waals surface area contributed by atoms with Crippen molar-refractivity contribution in [1.82, 2.24) is 4.31 Å². The molecule has 13 heteroatoms. The van der Waals surface area contributed by atoms with E-state index in [4.69, 9.17) is 55.6 Å². The number of halogens is 4. The van der Waals surface area contributed by atoms with Crippen molar-refractivity contribution in [3.63, 3.8) is 0 Å². The summed E-state index contributed by atoms with van der Waals surface area (Å²) in [5, 5.41) is 1.42. The number of esters is 1. The number of rotatable bonds is 9. The van der Waals surface area contributed by atoms with Gasteiger partial charge in [-0.05, 0) is 85.3 Å². The van der Waals surface area contributed by atoms with Gasteiger partial charge in [-0.25, -0.2) is 13.2 Å². The predicted octanol–water partition coefficient (Wildman–Crippen LogP) is 8.16. The molecule has 0 N–H and O–H groups in total. The molecule has 0 unspecified atom stereocenters. The highest BCUT2D eigenvalue weighted by Gasteiger charge is 2.38. The van der Waals surface area contributed by atoms with Crippen LogP contribution in [0.4, 0.5) is 5.69 Å². The molecule has 1 aliphatic rings. The lowest BCUT2D eigenvalue weighted by atomic mass is 10.1. The van der Waals surface area contributed by atoms with Gasteiger partial charge in [-0.1, -0.05) is 58.5 Å². The molecule has 0 radical (unpaired) electrons. The van der Waals surface area contributed by atoms with Crippen molar-refractivity contribution in [1.29, 1.82) is 0 Å². The Kier molecular flexibility index (Phi) is 9.79. The van der Waals surface area contributed by atoms with Crippen molar-refractivity contribution in [3.05, 3.63) is 133 Å². The lowest BCUT2D eigenvalue weighted by Gasteiger charge is -2.22. The van der Waals surface area contributed by atoms with E-state index in [1.54, 1.807) is 61.5 Å². The van der Waals surface area contributed by atoms with E-state index in [1.807, 2.05) is 0 Å². The number of sulfonamides is 1. The Hall–Kier alpha value is -3.57. The lowest BCUT2D eigenvalue weighted by Crippen LogP contribution is -2.30. The summed E-state index contributed by atoms with van der Waals surface area (Å²) in [5.41, 5.74) is 1.53. The molecule has 0 spiro atoms. The minimum atomic E-state index is -4.05. The van der Waals surface area contributed by atoms with Gasteiger partial charge in [0.15, 0.2) is 0 Å². The fraction of sp³-hybridized carbons (Fsp3) is 0.125. The van der Waals surface area contributed by atoms with E-state index in [-0.39, 0.29) is 45.7 Å². The quantitative estimate of drug-likeness (QED) is 0.129. The van der Waals surface area contributed by atoms with Crippen molar-refractivity contribution >= 4 is 80.1 Å². The molecule has 1 amide bonds. The number of carbonyl (C=O) groups excluding carboxylic acids is 2. The molecule has 0 fully saturated rings. The van der Waals surface area contributed by atoms with Crippen LogP contribution in [0, 0.1) is 0 Å². The van der Waals surface area contributed by atoms with Crippen LogP contribution in [0.15, 0.2) is 105 Å². The first-order valence-corrected chi connectivity index (χ1v) is 16.2. The van der Waals surface area contributed by atoms with E-state index in [0.29, 0.717) is 32.0 Å². The monoisotopic (exact) mass is 704 g/mol. The largest absolute Gasteiger partial charge is 0.465 e. The molecule has 2 heterocycles. The van der Waals surface area contributed by atoms with Gasteiger partial charge in [-0.15, -0.1) is 0 Å². The Bertz CT molecular complexity index is 1970. The first-order valence-electron chi connectivity index (χ1n) is 13.3. The third kappa shape index (κ3) is 6.99. The van der Waals surface area contributed by atoms with Gasteiger partial charge in [-0.2, -0.15) is 4.31 Å². The van der Waals surface area contributed by atoms with Crippen LogP contribution >= 0.6 is 46.4 Å². The van der Waals surface area contributed by atoms with Gasteiger partial charge in [0.2, 0.25) is 10.0 Å². The number of nitrogens with zero attached hydrogens (tertiary/aromatic N) is 2. The number of benzene rings is 3. The molecular formula is C32H24Cl4N2O6S. The number of anilines is 1. The van der Waals surface area contributed by atoms with Crippen LogP contribution in [0.3, 0.4) is 0 Å². The Morgan fingerprint density at radius 3 is 2.31 bits per heavy atom. The van der Waals surface area contributed by atoms with Crippen molar-refractivity contribution in [2.75, 3.05) is 12.0 Å². The van der Waals surface area contributed by atoms with Gasteiger partial charge in [-0.3, -0.25) is 9.69 Å². The van der Waals surface area contributed by atoms with E-state index in [1.165, 1.54) is 46.7 Å². The fourth-order valence-electron chi connectivity index (χ4n) is 4.80. The average Bonchev–Trinajstić information content (AvgIpc) is 3.55. The molecule has 4 aromatic rings. The molecule has 0 saturated carbocycles. The van der Waals surface area contributed by atoms with Gasteiger partial charge >= 0.3 is 5.97 Å². The Balaban J connectivity index is 1.49. The van der Waals surface area contributed by atoms with Crippen molar-refractivity contribution in [3.8, 4) is 0 Å². The van der Waals surface area contributed by atoms with E-state index >= 15 is 0 Å². The molecule has 0 bridgehead atoms. The van der Waals surface area contributed by atoms with Crippen molar-refractivity contribution in [2.24, 2.45) is 0 Å². The number of hydrogen-bond acceptors (Lipinski definition) is 6. The summed E-state index contributed by atoms with van der Waals surface area (Å²) in [6.07, 6.45) is 1.42. The molecule has 1 aromatic heterocycles. The number of carbonyl (C=O) groups is 2. The summed E-state index contributed by atoms with van der Waals surface area (Å²) in [5.74, 6) is -0.698. The molecule has 5 rings (SSSR count). The van der Waals surface area contributed by atoms with Crippen LogP contribution in [0.5, 0.6) is 0 Å². The molecular weight excluding hydrogens is 682 g/mol. The topological polar surface area (TPSA) is 97.1 Å². The highest BCUT2D eigenvalue weighted by Crippen LogP contribution is 2.36. The molecule has 8 nitrogen and oxygen atoms in total. The summed E-state index contributed by atoms with van der Waals surface area (Å²) >= 11 is 24.4. The standard InChI is InChI=1S/C32H24Cl4N2O6S/c1-19-30(32(40)43-2)27(31(39)38(19)23-5-3-4-22(34)15-23)16-24-9-10-25(44-24)18-37(17-20-6-13-28(35)29(36)14-20)45(41,42)26-11-7-21(33)8-12-26/h3-16H,17-18H2,1-2H3/b27-16+. The molecule has 232 valence electrons. The normalized spacial score (nSPS) is 14.6. The van der Waals surface area contributed by atoms with Gasteiger partial charge in [0.1, 0.15) is 11.5 Å². The maximum atomic E-state index is 13.8. The van der Waals surface area contributed by atoms with Gasteiger partial charge < -0.3 is 9.15 Å². The first-order chi connectivity index (χ1) is 21.4. The third-order valence-electron chi connectivity index (χ3n) is 6.95. The number of hydrogen-bond donors (Lipinski definition) is 0. The van der Waals surface area contributed by atoms with Crippen LogP contribution in [0.1, 0.15) is 24.0 Å². The summed E-state index contributed by atoms with van der Waals surface area (Å²) in [6.45, 7) is 1.40. The second-order valence-corrected chi connectivity index (χ2v) is 13.5. The maximum absolute atomic E-state index is 13.8. The van der Waals surface area contributed by atoms with Crippen LogP contribution in [0.2, 0.25) is 20.1 Å². The minimum absolute atomic E-state index is 0.0295. The zero-order chi connectivity index (χ0) is 32.5. The lowest BCUT2D eigenvalue weighted by molar-refractivity contribution is -0.136. The van der Waals surface area contributed by atoms with Crippen LogP contribution in [-0.2, 0) is 37.4 Å². The Morgan fingerprint density at radius 1 is 0.911 bits per heavy atom. The van der Waals surface area contributed by atoms with Crippen LogP contribution < -0.4 is 4.90 Å². The van der Waals surface area contributed by atoms with Gasteiger partial charge in [0.05, 0.1) is 45.4 Å². The number of methoxy groups -OCH3 is 1. The Morgan fingerprint density at radius 2 is 1.64 bits per heavy atom. The van der Waals surface area contributed by atoms with Crippen LogP contribution in [-0.4, -0.2) is 31.7 Å². The maximum Gasteiger partial charge on any atom is 0.340 e. The summed E-state index contributed by atoms with van der Waals surface area (Å²) in [4.78, 5) is 27.8. The summed E-state index contributed by atoms with van der Waals surface area (Å²) in [7, 11) is -2.82. The molecule has 3 aromatic carbocycles. The van der Waals surface area contributed by atoms with E-state index < -0.39 is 21.9 Å². The highest BCUT2D eigenvalue weighted by atomic mass is 35.5. The number of furan rings is 1. The number of ether oxygens (including phenoxy) is 1. The van der Waals surface area contributed by atoms with Crippen LogP contribution in [0.25, 0.3) is 6.08 Å². The van der Waals surface area contributed by atoms with E-state index in [9.17, 15) is 18.0 Å². The summed E-state index contributed by atoms with van der Waals surface area (Å²) in [6, 6.07) is 20.5. The third-order valence-corrected chi connectivity index (χ3v) is 9.98. The highest BCUT2D eigenvalue weighted by molar-refractivity contribution is 7.89. The van der Waals surface area contributed by atoms with Gasteiger partial charge in [0, 0.05) is 22.3 Å². The molecule has 45 heavy (non-hydrogen) atoms. The number of allylic oxidation sites excluding steroid dienone is 1. The van der Waals surface area contributed by atoms with Crippen molar-refractivity contribution in [2.45, 2.75) is 24.9 Å². The zero-order valence-electron chi connectivity index (χ0n) is 23.8. The molecule has 0 saturated heterocycles. The van der Waals surface area contributed by atoms with Crippen molar-refractivity contribution < 1.29 is 27.2 Å². The van der Waals surface area contributed by atoms with E-state index in [0.717, 1.165) is 0 Å². The smallest absolute Gasteiger partial charge is 0.340 e. The predicted molar refractivity (Wildman–Crippen MR) is 175 cm³/mol. The molecule has 0 atom stereocenters. The summed E-state index contributed by atoms with van der Waals surface area (Å²) < 4.78 is 39.7. The SMILES string of the molecule is COC(=O)C1=C(C)N(c2cccc(Cl)c2)C(=O)/C1=C/c1ccc(CN(Cc2ccc(Cl)c(Cl)c2)S(=O)(=O)c2ccc(Cl)cc2)o1.